The first-order valence-electron chi connectivity index (χ1n) is 12.5. The number of rotatable bonds is 3. The molecule has 2 aliphatic rings. The van der Waals surface area contributed by atoms with E-state index in [9.17, 15) is 9.59 Å². The van der Waals surface area contributed by atoms with Gasteiger partial charge in [-0.15, -0.1) is 11.3 Å². The molecule has 1 aliphatic heterocycles. The maximum absolute atomic E-state index is 13.4. The van der Waals surface area contributed by atoms with E-state index >= 15 is 0 Å². The fraction of sp³-hybridized carbons (Fsp3) is 0.464. The molecular formula is C28H34N4O2S. The fourth-order valence-corrected chi connectivity index (χ4v) is 6.37. The predicted molar refractivity (Wildman–Crippen MR) is 144 cm³/mol. The number of carbonyl (C=O) groups is 2. The molecule has 2 aromatic heterocycles. The molecule has 1 amide bonds. The Morgan fingerprint density at radius 2 is 1.77 bits per heavy atom. The van der Waals surface area contributed by atoms with Crippen LogP contribution in [-0.4, -0.2) is 47.8 Å². The van der Waals surface area contributed by atoms with Crippen LogP contribution in [0.3, 0.4) is 0 Å². The second-order valence-corrected chi connectivity index (χ2v) is 12.0. The molecule has 0 spiro atoms. The molecule has 0 saturated carbocycles. The van der Waals surface area contributed by atoms with Gasteiger partial charge in [0.1, 0.15) is 9.71 Å². The van der Waals surface area contributed by atoms with Gasteiger partial charge >= 0.3 is 0 Å². The summed E-state index contributed by atoms with van der Waals surface area (Å²) < 4.78 is 0. The Balaban J connectivity index is 1.31. The number of anilines is 2. The molecule has 1 aliphatic carbocycles. The van der Waals surface area contributed by atoms with E-state index in [2.05, 4.69) is 31.7 Å². The number of ketones is 1. The van der Waals surface area contributed by atoms with Crippen LogP contribution in [0.5, 0.6) is 0 Å². The Morgan fingerprint density at radius 3 is 2.40 bits per heavy atom. The topological polar surface area (TPSA) is 79.5 Å². The van der Waals surface area contributed by atoms with Crippen LogP contribution in [0.4, 0.5) is 11.4 Å². The number of hydrogen-bond acceptors (Lipinski definition) is 6. The lowest BCUT2D eigenvalue weighted by atomic mass is 9.71. The number of aryl methyl sites for hydroxylation is 1. The molecule has 184 valence electrons. The number of nitrogens with zero attached hydrogens (tertiary/aromatic N) is 3. The minimum atomic E-state index is 0.00242. The van der Waals surface area contributed by atoms with Crippen molar-refractivity contribution >= 4 is 44.6 Å². The molecule has 1 aromatic carbocycles. The Morgan fingerprint density at radius 1 is 1.09 bits per heavy atom. The number of nitrogen functional groups attached to an aromatic ring is 1. The average molecular weight is 491 g/mol. The van der Waals surface area contributed by atoms with E-state index in [1.165, 1.54) is 22.6 Å². The molecule has 0 bridgehead atoms. The third-order valence-corrected chi connectivity index (χ3v) is 8.81. The van der Waals surface area contributed by atoms with Gasteiger partial charge in [0.15, 0.2) is 5.78 Å². The van der Waals surface area contributed by atoms with Gasteiger partial charge in [-0.25, -0.2) is 4.98 Å². The maximum Gasteiger partial charge on any atom is 0.266 e. The summed E-state index contributed by atoms with van der Waals surface area (Å²) in [5, 5.41) is 0.927. The summed E-state index contributed by atoms with van der Waals surface area (Å²) in [5.74, 6) is 0.699. The highest BCUT2D eigenvalue weighted by atomic mass is 32.1. The van der Waals surface area contributed by atoms with Gasteiger partial charge < -0.3 is 15.5 Å². The molecule has 1 saturated heterocycles. The number of fused-ring (bicyclic) bond motifs is 2. The molecule has 3 aromatic rings. The van der Waals surface area contributed by atoms with Crippen molar-refractivity contribution in [1.82, 2.24) is 9.88 Å². The quantitative estimate of drug-likeness (QED) is 0.511. The first-order valence-corrected chi connectivity index (χ1v) is 13.3. The number of aromatic nitrogens is 1. The van der Waals surface area contributed by atoms with E-state index in [1.54, 1.807) is 6.92 Å². The van der Waals surface area contributed by atoms with Gasteiger partial charge in [0.25, 0.3) is 5.91 Å². The highest BCUT2D eigenvalue weighted by Gasteiger charge is 2.31. The van der Waals surface area contributed by atoms with Gasteiger partial charge in [-0.3, -0.25) is 9.59 Å². The monoisotopic (exact) mass is 490 g/mol. The third kappa shape index (κ3) is 4.54. The number of nitrogens with two attached hydrogens (primary N) is 1. The van der Waals surface area contributed by atoms with Gasteiger partial charge in [-0.1, -0.05) is 20.8 Å². The zero-order valence-corrected chi connectivity index (χ0v) is 21.9. The summed E-state index contributed by atoms with van der Waals surface area (Å²) in [6.07, 6.45) is 3.17. The van der Waals surface area contributed by atoms with Crippen molar-refractivity contribution in [3.8, 4) is 0 Å². The number of pyridine rings is 1. The van der Waals surface area contributed by atoms with E-state index in [0.717, 1.165) is 48.3 Å². The number of piperazine rings is 1. The number of Topliss-reactive ketones (excluding diaryl/α,β-unsaturated/α-hetero) is 1. The van der Waals surface area contributed by atoms with Crippen LogP contribution in [0.25, 0.3) is 10.2 Å². The normalized spacial score (nSPS) is 18.6. The van der Waals surface area contributed by atoms with Gasteiger partial charge in [0.2, 0.25) is 0 Å². The van der Waals surface area contributed by atoms with Crippen LogP contribution >= 0.6 is 11.3 Å². The zero-order chi connectivity index (χ0) is 24.9. The smallest absolute Gasteiger partial charge is 0.266 e. The standard InChI is InChI=1S/C28H34N4O2S/c1-17(33)18-5-8-21(9-6-18)31-11-13-32(14-12-31)27(34)25-24(29)22-16-19-15-20(28(2,3)4)7-10-23(19)30-26(22)35-25/h5-6,8-9,16,20H,7,10-15,29H2,1-4H3/t20-/m1/s1. The molecule has 3 heterocycles. The molecule has 0 radical (unpaired) electrons. The number of carbonyl (C=O) groups excluding carboxylic acids is 2. The van der Waals surface area contributed by atoms with Crippen LogP contribution in [0.15, 0.2) is 30.3 Å². The van der Waals surface area contributed by atoms with Gasteiger partial charge in [-0.05, 0) is 73.4 Å². The Kier molecular flexibility index (Phi) is 6.08. The van der Waals surface area contributed by atoms with Crippen LogP contribution < -0.4 is 10.6 Å². The second kappa shape index (κ2) is 8.94. The summed E-state index contributed by atoms with van der Waals surface area (Å²) in [6, 6.07) is 9.89. The maximum atomic E-state index is 13.4. The lowest BCUT2D eigenvalue weighted by Crippen LogP contribution is -2.48. The van der Waals surface area contributed by atoms with Crippen LogP contribution in [-0.2, 0) is 12.8 Å². The summed E-state index contributed by atoms with van der Waals surface area (Å²) in [6.45, 7) is 11.3. The van der Waals surface area contributed by atoms with Crippen molar-refractivity contribution in [2.24, 2.45) is 11.3 Å². The van der Waals surface area contributed by atoms with E-state index in [-0.39, 0.29) is 17.1 Å². The molecule has 5 rings (SSSR count). The Labute approximate surface area is 211 Å². The van der Waals surface area contributed by atoms with Crippen molar-refractivity contribution < 1.29 is 9.59 Å². The predicted octanol–water partition coefficient (Wildman–Crippen LogP) is 5.19. The average Bonchev–Trinajstić information content (AvgIpc) is 3.16. The number of thiophene rings is 1. The molecule has 2 N–H and O–H groups in total. The number of benzene rings is 1. The highest BCUT2D eigenvalue weighted by Crippen LogP contribution is 2.40. The minimum absolute atomic E-state index is 0.00242. The molecule has 7 heteroatoms. The molecule has 1 fully saturated rings. The number of hydrogen-bond donors (Lipinski definition) is 1. The van der Waals surface area contributed by atoms with Crippen molar-refractivity contribution in [1.29, 1.82) is 0 Å². The minimum Gasteiger partial charge on any atom is -0.397 e. The van der Waals surface area contributed by atoms with Gasteiger partial charge in [0.05, 0.1) is 5.69 Å². The van der Waals surface area contributed by atoms with Gasteiger partial charge in [0, 0.05) is 48.5 Å². The van der Waals surface area contributed by atoms with Crippen LogP contribution in [0.1, 0.15) is 65.4 Å². The molecule has 0 unspecified atom stereocenters. The molecule has 6 nitrogen and oxygen atoms in total. The Hall–Kier alpha value is -2.93. The van der Waals surface area contributed by atoms with E-state index in [0.29, 0.717) is 35.1 Å². The fourth-order valence-electron chi connectivity index (χ4n) is 5.31. The lowest BCUT2D eigenvalue weighted by molar-refractivity contribution is 0.0752. The molecule has 35 heavy (non-hydrogen) atoms. The largest absolute Gasteiger partial charge is 0.397 e. The first kappa shape index (κ1) is 23.8. The van der Waals surface area contributed by atoms with E-state index in [4.69, 9.17) is 10.7 Å². The summed E-state index contributed by atoms with van der Waals surface area (Å²) >= 11 is 1.43. The summed E-state index contributed by atoms with van der Waals surface area (Å²) in [5.41, 5.74) is 11.6. The van der Waals surface area contributed by atoms with Crippen molar-refractivity contribution in [2.45, 2.75) is 47.0 Å². The lowest BCUT2D eigenvalue weighted by Gasteiger charge is -2.36. The van der Waals surface area contributed by atoms with Crippen molar-refractivity contribution in [2.75, 3.05) is 36.8 Å². The van der Waals surface area contributed by atoms with Crippen LogP contribution in [0.2, 0.25) is 0 Å². The van der Waals surface area contributed by atoms with Crippen molar-refractivity contribution in [3.05, 3.63) is 52.0 Å². The first-order chi connectivity index (χ1) is 16.6. The summed E-state index contributed by atoms with van der Waals surface area (Å²) in [4.78, 5) is 35.6. The SMILES string of the molecule is CC(=O)c1ccc(N2CCN(C(=O)c3sc4nc5c(cc4c3N)C[C@H](C(C)(C)C)CC5)CC2)cc1. The Bertz CT molecular complexity index is 1280. The highest BCUT2D eigenvalue weighted by molar-refractivity contribution is 7.21. The van der Waals surface area contributed by atoms with E-state index in [1.807, 2.05) is 29.2 Å². The second-order valence-electron chi connectivity index (χ2n) is 11.0. The summed E-state index contributed by atoms with van der Waals surface area (Å²) in [7, 11) is 0. The zero-order valence-electron chi connectivity index (χ0n) is 21.1. The number of amides is 1. The van der Waals surface area contributed by atoms with E-state index < -0.39 is 0 Å². The van der Waals surface area contributed by atoms with Gasteiger partial charge in [-0.2, -0.15) is 0 Å². The molecule has 1 atom stereocenters. The molecular weight excluding hydrogens is 456 g/mol. The van der Waals surface area contributed by atoms with Crippen LogP contribution in [0, 0.1) is 11.3 Å². The van der Waals surface area contributed by atoms with Crippen molar-refractivity contribution in [3.63, 3.8) is 0 Å². The third-order valence-electron chi connectivity index (χ3n) is 7.71.